The van der Waals surface area contributed by atoms with Crippen LogP contribution in [0.15, 0.2) is 102 Å². The van der Waals surface area contributed by atoms with Gasteiger partial charge in [0.25, 0.3) is 0 Å². The minimum atomic E-state index is -1.61. The predicted octanol–water partition coefficient (Wildman–Crippen LogP) is 5.92. The molecule has 0 amide bonds. The molecule has 0 heterocycles. The third kappa shape index (κ3) is 3.24. The van der Waals surface area contributed by atoms with Gasteiger partial charge in [-0.25, -0.2) is 0 Å². The summed E-state index contributed by atoms with van der Waals surface area (Å²) >= 11 is 0. The van der Waals surface area contributed by atoms with E-state index in [9.17, 15) is 0 Å². The van der Waals surface area contributed by atoms with E-state index in [1.165, 1.54) is 43.8 Å². The Morgan fingerprint density at radius 2 is 1.17 bits per heavy atom. The van der Waals surface area contributed by atoms with Crippen molar-refractivity contribution in [1.82, 2.24) is 0 Å². The fourth-order valence-electron chi connectivity index (χ4n) is 5.26. The molecule has 1 aliphatic carbocycles. The number of hydrogen-bond donors (Lipinski definition) is 0. The fraction of sp³-hybridized carbons (Fsp3) is 0.214. The van der Waals surface area contributed by atoms with Crippen molar-refractivity contribution < 1.29 is 0 Å². The molecule has 3 aromatic carbocycles. The Kier molecular flexibility index (Phi) is 5.18. The van der Waals surface area contributed by atoms with Gasteiger partial charge in [-0.1, -0.05) is 113 Å². The van der Waals surface area contributed by atoms with Crippen molar-refractivity contribution in [2.75, 3.05) is 0 Å². The average molecular weight is 395 g/mol. The van der Waals surface area contributed by atoms with Gasteiger partial charge in [-0.3, -0.25) is 0 Å². The van der Waals surface area contributed by atoms with E-state index >= 15 is 0 Å². The molecular weight excluding hydrogens is 364 g/mol. The van der Waals surface area contributed by atoms with Crippen LogP contribution in [0.2, 0.25) is 5.04 Å². The molecule has 3 aromatic rings. The molecule has 0 radical (unpaired) electrons. The first kappa shape index (κ1) is 19.7. The third-order valence-corrected chi connectivity index (χ3v) is 10.9. The number of benzene rings is 3. The van der Waals surface area contributed by atoms with Crippen molar-refractivity contribution in [3.8, 4) is 0 Å². The van der Waals surface area contributed by atoms with E-state index < -0.39 is 8.80 Å². The summed E-state index contributed by atoms with van der Waals surface area (Å²) in [5.74, 6) is 0. The maximum atomic E-state index is 2.51. The molecule has 0 nitrogen and oxygen atoms in total. The largest absolute Gasteiger partial charge is 0.117 e. The number of rotatable bonds is 4. The molecule has 29 heavy (non-hydrogen) atoms. The first-order valence-electron chi connectivity index (χ1n) is 10.5. The Bertz CT molecular complexity index is 1050. The van der Waals surface area contributed by atoms with Crippen molar-refractivity contribution in [2.45, 2.75) is 39.7 Å². The summed E-state index contributed by atoms with van der Waals surface area (Å²) in [7, 11) is -1.61. The highest BCUT2D eigenvalue weighted by Crippen LogP contribution is 2.58. The zero-order chi connectivity index (χ0) is 20.6. The summed E-state index contributed by atoms with van der Waals surface area (Å²) in [5, 5.41) is 3.05. The van der Waals surface area contributed by atoms with Gasteiger partial charge in [0.1, 0.15) is 8.80 Å². The van der Waals surface area contributed by atoms with Gasteiger partial charge in [0.05, 0.1) is 0 Å². The lowest BCUT2D eigenvalue weighted by Gasteiger charge is -2.39. The van der Waals surface area contributed by atoms with Crippen LogP contribution in [0.4, 0.5) is 0 Å². The van der Waals surface area contributed by atoms with Crippen LogP contribution in [0.3, 0.4) is 0 Å². The van der Waals surface area contributed by atoms with Crippen LogP contribution < -0.4 is 10.4 Å². The van der Waals surface area contributed by atoms with Crippen molar-refractivity contribution in [2.24, 2.45) is 0 Å². The highest BCUT2D eigenvalue weighted by atomic mass is 28.3. The molecule has 4 rings (SSSR count). The summed E-state index contributed by atoms with van der Waals surface area (Å²) in [4.78, 5) is 0. The second-order valence-corrected chi connectivity index (χ2v) is 11.9. The van der Waals surface area contributed by atoms with E-state index in [0.717, 1.165) is 0 Å². The minimum Gasteiger partial charge on any atom is -0.0629 e. The molecule has 0 aliphatic heterocycles. The predicted molar refractivity (Wildman–Crippen MR) is 130 cm³/mol. The van der Waals surface area contributed by atoms with Gasteiger partial charge in [0.15, 0.2) is 0 Å². The number of hydrogen-bond acceptors (Lipinski definition) is 0. The van der Waals surface area contributed by atoms with Crippen LogP contribution in [0.5, 0.6) is 0 Å². The molecule has 1 aliphatic rings. The molecule has 0 saturated heterocycles. The Morgan fingerprint density at radius 3 is 1.69 bits per heavy atom. The SMILES string of the molecule is CC1=C(C)C(C)([SiH](c2ccccc2)c2ccccc2)C(c2cccc(C)c2)=C1C. The molecule has 0 fully saturated rings. The van der Waals surface area contributed by atoms with Crippen LogP contribution in [0.25, 0.3) is 5.57 Å². The van der Waals surface area contributed by atoms with E-state index in [2.05, 4.69) is 120 Å². The van der Waals surface area contributed by atoms with E-state index in [0.29, 0.717) is 0 Å². The maximum Gasteiger partial charge on any atom is 0.117 e. The number of allylic oxidation sites excluding steroid dienone is 4. The van der Waals surface area contributed by atoms with Gasteiger partial charge < -0.3 is 0 Å². The normalized spacial score (nSPS) is 19.4. The molecule has 1 atom stereocenters. The highest BCUT2D eigenvalue weighted by Gasteiger charge is 2.47. The molecule has 1 heteroatoms. The smallest absolute Gasteiger partial charge is 0.0629 e. The Balaban J connectivity index is 2.01. The van der Waals surface area contributed by atoms with Crippen LogP contribution in [0, 0.1) is 6.92 Å². The van der Waals surface area contributed by atoms with Crippen LogP contribution in [-0.2, 0) is 0 Å². The third-order valence-electron chi connectivity index (χ3n) is 6.95. The summed E-state index contributed by atoms with van der Waals surface area (Å²) < 4.78 is 0. The lowest BCUT2D eigenvalue weighted by molar-refractivity contribution is 0.901. The zero-order valence-electron chi connectivity index (χ0n) is 18.2. The van der Waals surface area contributed by atoms with Gasteiger partial charge in [-0.05, 0) is 50.0 Å². The van der Waals surface area contributed by atoms with Crippen molar-refractivity contribution in [3.05, 3.63) is 113 Å². The summed E-state index contributed by atoms with van der Waals surface area (Å²) in [6.45, 7) is 11.7. The topological polar surface area (TPSA) is 0 Å². The summed E-state index contributed by atoms with van der Waals surface area (Å²) in [6, 6.07) is 31.5. The van der Waals surface area contributed by atoms with E-state index in [1.807, 2.05) is 0 Å². The molecule has 0 saturated carbocycles. The maximum absolute atomic E-state index is 2.51. The quantitative estimate of drug-likeness (QED) is 0.482. The fourth-order valence-corrected chi connectivity index (χ4v) is 9.52. The first-order valence-corrected chi connectivity index (χ1v) is 12.2. The molecule has 0 aromatic heterocycles. The zero-order valence-corrected chi connectivity index (χ0v) is 19.3. The first-order chi connectivity index (χ1) is 13.9. The van der Waals surface area contributed by atoms with Gasteiger partial charge in [0, 0.05) is 5.04 Å². The second kappa shape index (κ2) is 7.65. The monoisotopic (exact) mass is 394 g/mol. The minimum absolute atomic E-state index is 0.0324. The van der Waals surface area contributed by atoms with Gasteiger partial charge in [-0.2, -0.15) is 0 Å². The van der Waals surface area contributed by atoms with Crippen LogP contribution in [-0.4, -0.2) is 8.80 Å². The highest BCUT2D eigenvalue weighted by molar-refractivity contribution is 6.89. The second-order valence-electron chi connectivity index (χ2n) is 8.58. The standard InChI is InChI=1S/C28H30Si/c1-20-13-12-14-24(19-20)27-22(3)21(2)23(4)28(27,5)29(25-15-8-6-9-16-25)26-17-10-7-11-18-26/h6-19,29H,1-5H3. The molecule has 0 N–H and O–H groups in total. The average Bonchev–Trinajstić information content (AvgIpc) is 2.90. The van der Waals surface area contributed by atoms with Crippen LogP contribution in [0.1, 0.15) is 38.8 Å². The van der Waals surface area contributed by atoms with Crippen molar-refractivity contribution >= 4 is 24.7 Å². The molecular formula is C28H30Si. The van der Waals surface area contributed by atoms with Gasteiger partial charge in [0.2, 0.25) is 0 Å². The van der Waals surface area contributed by atoms with E-state index in [4.69, 9.17) is 0 Å². The summed E-state index contributed by atoms with van der Waals surface area (Å²) in [6.07, 6.45) is 0. The lowest BCUT2D eigenvalue weighted by atomic mass is 9.90. The lowest BCUT2D eigenvalue weighted by Crippen LogP contribution is -2.51. The number of aryl methyl sites for hydroxylation is 1. The van der Waals surface area contributed by atoms with Crippen molar-refractivity contribution in [3.63, 3.8) is 0 Å². The van der Waals surface area contributed by atoms with Gasteiger partial charge in [-0.15, -0.1) is 0 Å². The molecule has 1 unspecified atom stereocenters. The Morgan fingerprint density at radius 1 is 0.621 bits per heavy atom. The van der Waals surface area contributed by atoms with Gasteiger partial charge >= 0.3 is 0 Å². The molecule has 0 bridgehead atoms. The van der Waals surface area contributed by atoms with E-state index in [-0.39, 0.29) is 5.04 Å². The Labute approximate surface area is 177 Å². The van der Waals surface area contributed by atoms with Crippen LogP contribution >= 0.6 is 0 Å². The van der Waals surface area contributed by atoms with E-state index in [1.54, 1.807) is 0 Å². The molecule has 0 spiro atoms. The van der Waals surface area contributed by atoms with Crippen molar-refractivity contribution in [1.29, 1.82) is 0 Å². The Hall–Kier alpha value is -2.64. The molecule has 146 valence electrons. The summed E-state index contributed by atoms with van der Waals surface area (Å²) in [5.41, 5.74) is 8.69.